The number of pyridine rings is 1. The molecule has 0 aliphatic rings. The Labute approximate surface area is 144 Å². The maximum atomic E-state index is 14.3. The number of hydrogen-bond donors (Lipinski definition) is 2. The second kappa shape index (κ2) is 8.56. The summed E-state index contributed by atoms with van der Waals surface area (Å²) in [5, 5.41) is 7.00. The van der Waals surface area contributed by atoms with Crippen molar-refractivity contribution in [2.24, 2.45) is 5.73 Å². The van der Waals surface area contributed by atoms with Crippen LogP contribution in [0.1, 0.15) is 24.2 Å². The van der Waals surface area contributed by atoms with Crippen LogP contribution in [0.3, 0.4) is 0 Å². The van der Waals surface area contributed by atoms with Crippen LogP contribution >= 0.6 is 11.8 Å². The molecule has 0 fully saturated rings. The number of carbonyl (C=O) groups is 2. The van der Waals surface area contributed by atoms with Gasteiger partial charge in [-0.15, -0.1) is 11.8 Å². The number of nitrogens with two attached hydrogens (primary N) is 1. The smallest absolute Gasteiger partial charge is 0.248 e. The van der Waals surface area contributed by atoms with Crippen LogP contribution in [-0.4, -0.2) is 34.1 Å². The minimum absolute atomic E-state index is 0.104. The third-order valence-corrected chi connectivity index (χ3v) is 4.18. The van der Waals surface area contributed by atoms with Crippen molar-refractivity contribution in [3.63, 3.8) is 0 Å². The van der Waals surface area contributed by atoms with Gasteiger partial charge in [-0.2, -0.15) is 0 Å². The second-order valence-electron chi connectivity index (χ2n) is 5.25. The molecule has 128 valence electrons. The van der Waals surface area contributed by atoms with E-state index in [1.54, 1.807) is 26.1 Å². The normalized spacial score (nSPS) is 10.5. The number of aliphatic hydroxyl groups is 1. The van der Waals surface area contributed by atoms with E-state index >= 15 is 0 Å². The Kier molecular flexibility index (Phi) is 7.06. The predicted molar refractivity (Wildman–Crippen MR) is 92.3 cm³/mol. The first-order chi connectivity index (χ1) is 11.3. The Morgan fingerprint density at radius 1 is 1.29 bits per heavy atom. The number of carbonyl (C=O) groups excluding carboxylic acids is 2. The highest BCUT2D eigenvalue weighted by molar-refractivity contribution is 8.01. The molecule has 0 aliphatic heterocycles. The Hall–Kier alpha value is -2.25. The fraction of sp³-hybridized carbons (Fsp3) is 0.235. The summed E-state index contributed by atoms with van der Waals surface area (Å²) in [6.07, 6.45) is 3.96. The van der Waals surface area contributed by atoms with Crippen LogP contribution in [0.2, 0.25) is 0 Å². The average molecular weight is 350 g/mol. The van der Waals surface area contributed by atoms with Crippen LogP contribution in [0.25, 0.3) is 11.1 Å². The van der Waals surface area contributed by atoms with Gasteiger partial charge in [0.25, 0.3) is 0 Å². The van der Waals surface area contributed by atoms with Gasteiger partial charge in [0.05, 0.1) is 4.75 Å². The molecule has 0 radical (unpaired) electrons. The molecule has 0 bridgehead atoms. The highest BCUT2D eigenvalue weighted by Crippen LogP contribution is 2.38. The zero-order chi connectivity index (χ0) is 18.3. The summed E-state index contributed by atoms with van der Waals surface area (Å²) in [5.74, 6) is -1.25. The molecule has 24 heavy (non-hydrogen) atoms. The first-order valence-electron chi connectivity index (χ1n) is 6.98. The van der Waals surface area contributed by atoms with Crippen LogP contribution < -0.4 is 5.73 Å². The van der Waals surface area contributed by atoms with Crippen LogP contribution in [0.15, 0.2) is 41.6 Å². The molecule has 2 rings (SSSR count). The fourth-order valence-electron chi connectivity index (χ4n) is 1.87. The van der Waals surface area contributed by atoms with E-state index in [1.807, 2.05) is 0 Å². The monoisotopic (exact) mass is 350 g/mol. The molecule has 0 saturated carbocycles. The fourth-order valence-corrected chi connectivity index (χ4v) is 2.88. The van der Waals surface area contributed by atoms with Gasteiger partial charge in [0.2, 0.25) is 5.91 Å². The minimum atomic E-state index is -0.687. The van der Waals surface area contributed by atoms with Crippen LogP contribution in [0, 0.1) is 5.82 Å². The van der Waals surface area contributed by atoms with Crippen molar-refractivity contribution in [2.75, 3.05) is 7.11 Å². The Bertz CT molecular complexity index is 736. The molecule has 5 nitrogen and oxygen atoms in total. The molecule has 1 amide bonds. The number of aldehydes is 1. The summed E-state index contributed by atoms with van der Waals surface area (Å²) in [4.78, 5) is 26.9. The van der Waals surface area contributed by atoms with Crippen LogP contribution in [0.4, 0.5) is 4.39 Å². The molecule has 0 unspecified atom stereocenters. The van der Waals surface area contributed by atoms with E-state index in [4.69, 9.17) is 10.8 Å². The first kappa shape index (κ1) is 19.8. The number of aromatic nitrogens is 1. The molecule has 2 aromatic rings. The lowest BCUT2D eigenvalue weighted by Crippen LogP contribution is -2.16. The molecule has 1 aromatic heterocycles. The topological polar surface area (TPSA) is 93.3 Å². The van der Waals surface area contributed by atoms with E-state index in [0.29, 0.717) is 11.1 Å². The molecular formula is C17H19FN2O3S. The quantitative estimate of drug-likeness (QED) is 0.639. The molecule has 7 heteroatoms. The maximum absolute atomic E-state index is 14.3. The summed E-state index contributed by atoms with van der Waals surface area (Å²) in [6, 6.07) is 5.79. The van der Waals surface area contributed by atoms with E-state index in [1.165, 1.54) is 30.1 Å². The van der Waals surface area contributed by atoms with Gasteiger partial charge < -0.3 is 15.6 Å². The first-order valence-corrected chi connectivity index (χ1v) is 7.79. The molecule has 0 spiro atoms. The summed E-state index contributed by atoms with van der Waals surface area (Å²) in [5.41, 5.74) is 6.12. The summed E-state index contributed by atoms with van der Waals surface area (Å²) in [7, 11) is 1.00. The van der Waals surface area contributed by atoms with Crippen molar-refractivity contribution in [2.45, 2.75) is 23.5 Å². The third-order valence-electron chi connectivity index (χ3n) is 2.98. The lowest BCUT2D eigenvalue weighted by atomic mass is 10.0. The van der Waals surface area contributed by atoms with Gasteiger partial charge >= 0.3 is 0 Å². The lowest BCUT2D eigenvalue weighted by molar-refractivity contribution is -0.109. The van der Waals surface area contributed by atoms with E-state index in [-0.39, 0.29) is 5.56 Å². The molecule has 1 aromatic carbocycles. The Morgan fingerprint density at radius 2 is 1.96 bits per heavy atom. The number of aliphatic hydroxyl groups excluding tert-OH is 1. The molecule has 1 heterocycles. The molecule has 0 atom stereocenters. The van der Waals surface area contributed by atoms with E-state index in [2.05, 4.69) is 4.98 Å². The Balaban J connectivity index is 0.00000139. The highest BCUT2D eigenvalue weighted by Gasteiger charge is 2.21. The molecule has 0 saturated heterocycles. The number of halogens is 1. The highest BCUT2D eigenvalue weighted by atomic mass is 32.2. The molecular weight excluding hydrogens is 331 g/mol. The van der Waals surface area contributed by atoms with Gasteiger partial charge in [-0.1, -0.05) is 6.07 Å². The number of thioether (sulfide) groups is 1. The van der Waals surface area contributed by atoms with E-state index in [0.717, 1.165) is 24.4 Å². The second-order valence-corrected chi connectivity index (χ2v) is 6.95. The van der Waals surface area contributed by atoms with Crippen molar-refractivity contribution >= 4 is 24.0 Å². The number of hydrogen-bond acceptors (Lipinski definition) is 5. The summed E-state index contributed by atoms with van der Waals surface area (Å²) >= 11 is 1.32. The predicted octanol–water partition coefficient (Wildman–Crippen LogP) is 2.66. The van der Waals surface area contributed by atoms with Crippen molar-refractivity contribution < 1.29 is 19.1 Å². The number of primary amides is 1. The summed E-state index contributed by atoms with van der Waals surface area (Å²) < 4.78 is 13.6. The van der Waals surface area contributed by atoms with Crippen molar-refractivity contribution in [3.8, 4) is 11.1 Å². The number of rotatable bonds is 5. The molecule has 3 N–H and O–H groups in total. The van der Waals surface area contributed by atoms with Gasteiger partial charge in [-0.05, 0) is 32.0 Å². The Morgan fingerprint density at radius 3 is 2.50 bits per heavy atom. The number of benzene rings is 1. The molecule has 0 aliphatic carbocycles. The van der Waals surface area contributed by atoms with Gasteiger partial charge in [0.15, 0.2) is 0 Å². The van der Waals surface area contributed by atoms with Crippen LogP contribution in [-0.2, 0) is 4.79 Å². The van der Waals surface area contributed by atoms with Gasteiger partial charge in [-0.25, -0.2) is 4.39 Å². The zero-order valence-electron chi connectivity index (χ0n) is 13.6. The third kappa shape index (κ3) is 4.87. The van der Waals surface area contributed by atoms with Crippen molar-refractivity contribution in [1.82, 2.24) is 4.98 Å². The minimum Gasteiger partial charge on any atom is -0.400 e. The maximum Gasteiger partial charge on any atom is 0.248 e. The number of amides is 1. The van der Waals surface area contributed by atoms with E-state index in [9.17, 15) is 14.0 Å². The van der Waals surface area contributed by atoms with Crippen molar-refractivity contribution in [1.29, 1.82) is 0 Å². The van der Waals surface area contributed by atoms with Gasteiger partial charge in [0, 0.05) is 41.1 Å². The SMILES string of the molecule is CC(C)(C=O)Sc1ccncc1-c1ccc(C(N)=O)cc1F.CO. The average Bonchev–Trinajstić information content (AvgIpc) is 2.57. The standard InChI is InChI=1S/C16H15FN2O2S.CH4O/c1-16(2,9-20)22-14-5-6-19-8-12(14)11-4-3-10(15(18)21)7-13(11)17;1-2/h3-9H,1-2H3,(H2,18,21);2H,1H3. The van der Waals surface area contributed by atoms with Crippen LogP contribution in [0.5, 0.6) is 0 Å². The van der Waals surface area contributed by atoms with Gasteiger partial charge in [0.1, 0.15) is 12.1 Å². The largest absolute Gasteiger partial charge is 0.400 e. The summed E-state index contributed by atoms with van der Waals surface area (Å²) in [6.45, 7) is 3.56. The lowest BCUT2D eigenvalue weighted by Gasteiger charge is -2.18. The number of nitrogens with zero attached hydrogens (tertiary/aromatic N) is 1. The van der Waals surface area contributed by atoms with E-state index < -0.39 is 16.5 Å². The zero-order valence-corrected chi connectivity index (χ0v) is 14.4. The van der Waals surface area contributed by atoms with Crippen molar-refractivity contribution in [3.05, 3.63) is 48.0 Å². The van der Waals surface area contributed by atoms with Gasteiger partial charge in [-0.3, -0.25) is 9.78 Å².